The largest absolute Gasteiger partial charge is 0.392 e. The fourth-order valence-corrected chi connectivity index (χ4v) is 0.659. The quantitative estimate of drug-likeness (QED) is 0.496. The lowest BCUT2D eigenvalue weighted by Gasteiger charge is -1.93. The SMILES string of the molecule is O=[N+]([O-])c1cc(CO)ccn1. The fourth-order valence-electron chi connectivity index (χ4n) is 0.659. The van der Waals surface area contributed by atoms with E-state index in [1.807, 2.05) is 0 Å². The molecule has 0 saturated heterocycles. The summed E-state index contributed by atoms with van der Waals surface area (Å²) in [6.07, 6.45) is 1.30. The molecule has 0 amide bonds. The molecule has 0 aliphatic carbocycles. The molecule has 1 aromatic heterocycles. The van der Waals surface area contributed by atoms with Crippen molar-refractivity contribution in [2.45, 2.75) is 6.61 Å². The van der Waals surface area contributed by atoms with Crippen molar-refractivity contribution in [2.24, 2.45) is 0 Å². The fraction of sp³-hybridized carbons (Fsp3) is 0.167. The average molecular weight is 154 g/mol. The Bertz CT molecular complexity index is 274. The third kappa shape index (κ3) is 1.71. The summed E-state index contributed by atoms with van der Waals surface area (Å²) >= 11 is 0. The van der Waals surface area contributed by atoms with Gasteiger partial charge in [-0.05, 0) is 21.5 Å². The number of nitro groups is 1. The van der Waals surface area contributed by atoms with E-state index in [-0.39, 0.29) is 12.4 Å². The predicted octanol–water partition coefficient (Wildman–Crippen LogP) is 0.482. The molecule has 0 fully saturated rings. The predicted molar refractivity (Wildman–Crippen MR) is 36.8 cm³/mol. The van der Waals surface area contributed by atoms with Gasteiger partial charge < -0.3 is 15.2 Å². The molecule has 0 aliphatic rings. The van der Waals surface area contributed by atoms with Crippen LogP contribution < -0.4 is 0 Å². The van der Waals surface area contributed by atoms with Crippen LogP contribution in [0.5, 0.6) is 0 Å². The molecule has 1 N–H and O–H groups in total. The van der Waals surface area contributed by atoms with Crippen LogP contribution in [0.15, 0.2) is 18.3 Å². The molecule has 0 aromatic carbocycles. The molecule has 0 spiro atoms. The lowest BCUT2D eigenvalue weighted by Crippen LogP contribution is -1.93. The highest BCUT2D eigenvalue weighted by atomic mass is 16.6. The van der Waals surface area contributed by atoms with E-state index >= 15 is 0 Å². The van der Waals surface area contributed by atoms with Crippen LogP contribution in [0, 0.1) is 10.1 Å². The Morgan fingerprint density at radius 2 is 2.45 bits per heavy atom. The maximum atomic E-state index is 10.1. The van der Waals surface area contributed by atoms with E-state index in [0.717, 1.165) is 0 Å². The highest BCUT2D eigenvalue weighted by Gasteiger charge is 2.05. The topological polar surface area (TPSA) is 76.3 Å². The molecule has 0 bridgehead atoms. The molecule has 0 radical (unpaired) electrons. The van der Waals surface area contributed by atoms with E-state index in [9.17, 15) is 10.1 Å². The van der Waals surface area contributed by atoms with Crippen molar-refractivity contribution < 1.29 is 10.0 Å². The van der Waals surface area contributed by atoms with Gasteiger partial charge in [-0.2, -0.15) is 0 Å². The highest BCUT2D eigenvalue weighted by Crippen LogP contribution is 2.08. The molecule has 1 aromatic rings. The van der Waals surface area contributed by atoms with Gasteiger partial charge in [0.05, 0.1) is 6.61 Å². The second-order valence-electron chi connectivity index (χ2n) is 1.94. The Kier molecular flexibility index (Phi) is 2.12. The van der Waals surface area contributed by atoms with Crippen LogP contribution in [0.2, 0.25) is 0 Å². The zero-order chi connectivity index (χ0) is 8.27. The normalized spacial score (nSPS) is 9.55. The van der Waals surface area contributed by atoms with Gasteiger partial charge >= 0.3 is 5.82 Å². The van der Waals surface area contributed by atoms with E-state index in [0.29, 0.717) is 5.56 Å². The monoisotopic (exact) mass is 154 g/mol. The van der Waals surface area contributed by atoms with Gasteiger partial charge in [-0.25, -0.2) is 0 Å². The number of pyridine rings is 1. The lowest BCUT2D eigenvalue weighted by molar-refractivity contribution is -0.389. The second-order valence-corrected chi connectivity index (χ2v) is 1.94. The van der Waals surface area contributed by atoms with Crippen LogP contribution in [0.25, 0.3) is 0 Å². The van der Waals surface area contributed by atoms with Gasteiger partial charge in [0.1, 0.15) is 6.20 Å². The van der Waals surface area contributed by atoms with Crippen LogP contribution in [0.3, 0.4) is 0 Å². The van der Waals surface area contributed by atoms with Crippen LogP contribution in [-0.4, -0.2) is 15.0 Å². The maximum Gasteiger partial charge on any atom is 0.363 e. The molecule has 0 aliphatic heterocycles. The Morgan fingerprint density at radius 1 is 1.73 bits per heavy atom. The number of nitrogens with zero attached hydrogens (tertiary/aromatic N) is 2. The summed E-state index contributed by atoms with van der Waals surface area (Å²) in [7, 11) is 0. The van der Waals surface area contributed by atoms with Crippen LogP contribution in [0.1, 0.15) is 5.56 Å². The molecule has 0 atom stereocenters. The van der Waals surface area contributed by atoms with Crippen molar-refractivity contribution in [1.29, 1.82) is 0 Å². The summed E-state index contributed by atoms with van der Waals surface area (Å²) in [5.74, 6) is -0.239. The first-order valence-electron chi connectivity index (χ1n) is 2.94. The minimum Gasteiger partial charge on any atom is -0.392 e. The first-order valence-corrected chi connectivity index (χ1v) is 2.94. The molecule has 1 rings (SSSR count). The standard InChI is InChI=1S/C6H6N2O3/c9-4-5-1-2-7-6(3-5)8(10)11/h1-3,9H,4H2. The van der Waals surface area contributed by atoms with Crippen molar-refractivity contribution in [3.05, 3.63) is 34.0 Å². The van der Waals surface area contributed by atoms with Gasteiger partial charge in [-0.15, -0.1) is 0 Å². The van der Waals surface area contributed by atoms with Crippen LogP contribution in [0.4, 0.5) is 5.82 Å². The smallest absolute Gasteiger partial charge is 0.363 e. The number of rotatable bonds is 2. The molecule has 11 heavy (non-hydrogen) atoms. The first-order chi connectivity index (χ1) is 5.24. The van der Waals surface area contributed by atoms with E-state index in [1.54, 1.807) is 0 Å². The minimum absolute atomic E-state index is 0.205. The van der Waals surface area contributed by atoms with E-state index in [1.165, 1.54) is 18.3 Å². The van der Waals surface area contributed by atoms with Gasteiger partial charge in [-0.3, -0.25) is 0 Å². The van der Waals surface area contributed by atoms with E-state index in [2.05, 4.69) is 4.98 Å². The molecule has 5 nitrogen and oxygen atoms in total. The first kappa shape index (κ1) is 7.62. The van der Waals surface area contributed by atoms with Crippen molar-refractivity contribution in [3.63, 3.8) is 0 Å². The summed E-state index contributed by atoms with van der Waals surface area (Å²) in [5, 5.41) is 18.7. The molecule has 0 unspecified atom stereocenters. The van der Waals surface area contributed by atoms with E-state index in [4.69, 9.17) is 5.11 Å². The molecule has 5 heteroatoms. The minimum atomic E-state index is -0.598. The Labute approximate surface area is 62.5 Å². The summed E-state index contributed by atoms with van der Waals surface area (Å²) in [4.78, 5) is 13.0. The molecule has 58 valence electrons. The van der Waals surface area contributed by atoms with Gasteiger partial charge in [-0.1, -0.05) is 0 Å². The zero-order valence-corrected chi connectivity index (χ0v) is 5.60. The Balaban J connectivity index is 3.01. The van der Waals surface area contributed by atoms with Crippen LogP contribution >= 0.6 is 0 Å². The van der Waals surface area contributed by atoms with E-state index < -0.39 is 4.92 Å². The number of aliphatic hydroxyl groups excluding tert-OH is 1. The zero-order valence-electron chi connectivity index (χ0n) is 5.60. The summed E-state index contributed by atoms with van der Waals surface area (Å²) in [6, 6.07) is 2.76. The third-order valence-corrected chi connectivity index (χ3v) is 1.18. The van der Waals surface area contributed by atoms with Gasteiger partial charge in [0, 0.05) is 6.07 Å². The highest BCUT2D eigenvalue weighted by molar-refractivity contribution is 5.24. The van der Waals surface area contributed by atoms with Gasteiger partial charge in [0.15, 0.2) is 0 Å². The summed E-state index contributed by atoms with van der Waals surface area (Å²) in [6.45, 7) is -0.205. The Hall–Kier alpha value is -1.49. The molecular formula is C6H6N2O3. The molecular weight excluding hydrogens is 148 g/mol. The lowest BCUT2D eigenvalue weighted by atomic mass is 10.3. The van der Waals surface area contributed by atoms with Gasteiger partial charge in [0.2, 0.25) is 0 Å². The Morgan fingerprint density at radius 3 is 3.00 bits per heavy atom. The van der Waals surface area contributed by atoms with Crippen molar-refractivity contribution >= 4 is 5.82 Å². The van der Waals surface area contributed by atoms with Crippen LogP contribution in [-0.2, 0) is 6.61 Å². The summed E-state index contributed by atoms with van der Waals surface area (Å²) < 4.78 is 0. The van der Waals surface area contributed by atoms with Crippen molar-refractivity contribution in [1.82, 2.24) is 4.98 Å². The maximum absolute atomic E-state index is 10.1. The molecule has 1 heterocycles. The number of aliphatic hydroxyl groups is 1. The van der Waals surface area contributed by atoms with Crippen molar-refractivity contribution in [3.8, 4) is 0 Å². The molecule has 0 saturated carbocycles. The van der Waals surface area contributed by atoms with Crippen molar-refractivity contribution in [2.75, 3.05) is 0 Å². The number of aromatic nitrogens is 1. The number of hydrogen-bond acceptors (Lipinski definition) is 4. The van der Waals surface area contributed by atoms with Gasteiger partial charge in [0.25, 0.3) is 0 Å². The second kappa shape index (κ2) is 3.07. The average Bonchev–Trinajstić information content (AvgIpc) is 2.05. The number of hydrogen-bond donors (Lipinski definition) is 1. The summed E-state index contributed by atoms with van der Waals surface area (Å²) in [5.41, 5.74) is 0.492. The third-order valence-electron chi connectivity index (χ3n) is 1.18.